The van der Waals surface area contributed by atoms with Crippen LogP contribution in [-0.4, -0.2) is 59.6 Å². The van der Waals surface area contributed by atoms with Crippen LogP contribution in [0, 0.1) is 12.3 Å². The van der Waals surface area contributed by atoms with Crippen LogP contribution in [-0.2, 0) is 22.7 Å². The van der Waals surface area contributed by atoms with Gasteiger partial charge in [-0.2, -0.15) is 0 Å². The summed E-state index contributed by atoms with van der Waals surface area (Å²) in [6, 6.07) is 9.07. The monoisotopic (exact) mass is 575 g/mol. The molecule has 222 valence electrons. The van der Waals surface area contributed by atoms with Crippen molar-refractivity contribution in [3.8, 4) is 5.75 Å². The van der Waals surface area contributed by atoms with E-state index in [9.17, 15) is 14.4 Å². The summed E-state index contributed by atoms with van der Waals surface area (Å²) in [6.07, 6.45) is 5.57. The van der Waals surface area contributed by atoms with Crippen molar-refractivity contribution in [2.75, 3.05) is 43.1 Å². The molecule has 1 aliphatic rings. The number of aromatic nitrogens is 2. The Morgan fingerprint density at radius 2 is 1.86 bits per heavy atom. The summed E-state index contributed by atoms with van der Waals surface area (Å²) >= 11 is 0. The van der Waals surface area contributed by atoms with E-state index in [0.29, 0.717) is 79.6 Å². The summed E-state index contributed by atoms with van der Waals surface area (Å²) in [4.78, 5) is 48.6. The minimum atomic E-state index is -1.16. The number of hydrogen-bond donors (Lipinski definition) is 0. The third kappa shape index (κ3) is 5.69. The maximum absolute atomic E-state index is 13.1. The predicted molar refractivity (Wildman–Crippen MR) is 159 cm³/mol. The number of furan rings is 1. The van der Waals surface area contributed by atoms with Crippen molar-refractivity contribution in [1.29, 1.82) is 0 Å². The van der Waals surface area contributed by atoms with E-state index in [1.807, 2.05) is 38.1 Å². The molecular formula is C31H37N5O6. The molecule has 11 nitrogen and oxygen atoms in total. The maximum Gasteiger partial charge on any atom is 0.261 e. The van der Waals surface area contributed by atoms with Gasteiger partial charge in [0.15, 0.2) is 6.39 Å². The van der Waals surface area contributed by atoms with Crippen LogP contribution in [0.25, 0.3) is 11.0 Å². The van der Waals surface area contributed by atoms with Crippen molar-refractivity contribution in [2.45, 2.75) is 47.2 Å². The summed E-state index contributed by atoms with van der Waals surface area (Å²) in [5, 5.41) is 0.577. The number of hydrogen-bond acceptors (Lipinski definition) is 8. The van der Waals surface area contributed by atoms with Gasteiger partial charge in [-0.25, -0.2) is 4.98 Å². The Hall–Kier alpha value is -4.38. The smallest absolute Gasteiger partial charge is 0.261 e. The van der Waals surface area contributed by atoms with Gasteiger partial charge >= 0.3 is 0 Å². The Kier molecular flexibility index (Phi) is 8.22. The fourth-order valence-electron chi connectivity index (χ4n) is 5.39. The minimum absolute atomic E-state index is 0.0781. The first-order valence-electron chi connectivity index (χ1n) is 14.2. The Balaban J connectivity index is 1.24. The normalized spacial score (nSPS) is 15.0. The lowest BCUT2D eigenvalue weighted by Crippen LogP contribution is -2.47. The molecule has 0 radical (unpaired) electrons. The number of nitrogens with zero attached hydrogens (tertiary/aromatic N) is 5. The van der Waals surface area contributed by atoms with E-state index in [1.54, 1.807) is 53.7 Å². The highest BCUT2D eigenvalue weighted by atomic mass is 16.5. The predicted octanol–water partition coefficient (Wildman–Crippen LogP) is 4.22. The quantitative estimate of drug-likeness (QED) is 0.193. The highest BCUT2D eigenvalue weighted by Crippen LogP contribution is 2.40. The number of anilines is 2. The molecule has 0 fully saturated rings. The molecule has 0 spiro atoms. The Bertz CT molecular complexity index is 1640. The van der Waals surface area contributed by atoms with Gasteiger partial charge in [-0.15, -0.1) is 0 Å². The molecule has 4 aromatic rings. The van der Waals surface area contributed by atoms with Gasteiger partial charge in [-0.3, -0.25) is 19.3 Å². The fourth-order valence-corrected chi connectivity index (χ4v) is 5.39. The van der Waals surface area contributed by atoms with Crippen LogP contribution < -0.4 is 20.1 Å². The zero-order chi connectivity index (χ0) is 30.0. The number of oxazole rings is 1. The van der Waals surface area contributed by atoms with Gasteiger partial charge in [0.05, 0.1) is 36.1 Å². The van der Waals surface area contributed by atoms with E-state index in [-0.39, 0.29) is 17.4 Å². The first-order chi connectivity index (χ1) is 20.1. The van der Waals surface area contributed by atoms with Crippen molar-refractivity contribution in [3.63, 3.8) is 0 Å². The molecular weight excluding hydrogens is 538 g/mol. The van der Waals surface area contributed by atoms with E-state index in [0.717, 1.165) is 5.76 Å². The van der Waals surface area contributed by atoms with Crippen LogP contribution in [0.15, 0.2) is 62.7 Å². The lowest BCUT2D eigenvalue weighted by molar-refractivity contribution is -0.137. The molecule has 5 rings (SSSR count). The van der Waals surface area contributed by atoms with Crippen molar-refractivity contribution in [1.82, 2.24) is 14.5 Å². The second-order valence-corrected chi connectivity index (χ2v) is 11.1. The Morgan fingerprint density at radius 3 is 2.60 bits per heavy atom. The van der Waals surface area contributed by atoms with Crippen molar-refractivity contribution >= 4 is 34.2 Å². The second-order valence-electron chi connectivity index (χ2n) is 11.1. The third-order valence-electron chi connectivity index (χ3n) is 7.72. The molecule has 0 unspecified atom stereocenters. The number of aryl methyl sites for hydroxylation is 1. The van der Waals surface area contributed by atoms with Crippen molar-refractivity contribution < 1.29 is 23.2 Å². The molecule has 1 aromatic carbocycles. The number of benzene rings is 1. The zero-order valence-electron chi connectivity index (χ0n) is 24.8. The molecule has 11 heteroatoms. The van der Waals surface area contributed by atoms with Crippen molar-refractivity contribution in [3.05, 3.63) is 71.0 Å². The summed E-state index contributed by atoms with van der Waals surface area (Å²) in [7, 11) is 1.69. The number of amides is 2. The summed E-state index contributed by atoms with van der Waals surface area (Å²) in [5.41, 5.74) is 0.682. The van der Waals surface area contributed by atoms with Gasteiger partial charge in [0.1, 0.15) is 28.3 Å². The Morgan fingerprint density at radius 1 is 1.05 bits per heavy atom. The Labute approximate surface area is 244 Å². The molecule has 4 heterocycles. The van der Waals surface area contributed by atoms with Crippen LogP contribution in [0.4, 0.5) is 11.4 Å². The molecule has 2 amide bonds. The highest BCUT2D eigenvalue weighted by Gasteiger charge is 2.45. The molecule has 0 aliphatic carbocycles. The van der Waals surface area contributed by atoms with E-state index in [2.05, 4.69) is 9.88 Å². The number of ether oxygens (including phenoxy) is 1. The molecule has 0 saturated heterocycles. The molecule has 0 bridgehead atoms. The van der Waals surface area contributed by atoms with E-state index in [1.165, 1.54) is 6.39 Å². The van der Waals surface area contributed by atoms with Gasteiger partial charge in [-0.1, -0.05) is 0 Å². The minimum Gasteiger partial charge on any atom is -0.493 e. The summed E-state index contributed by atoms with van der Waals surface area (Å²) in [6.45, 7) is 10.3. The topological polar surface area (TPSA) is 114 Å². The SMILES string of the molecule is CCN1C(=O)C(C)(C)C(=O)N(C)c2cc(OCCCN(CCn3ccc4oc(C)cc4c3=O)Cc3cnco3)ccc21. The van der Waals surface area contributed by atoms with E-state index < -0.39 is 5.41 Å². The number of pyridine rings is 1. The number of carbonyl (C=O) groups is 2. The third-order valence-corrected chi connectivity index (χ3v) is 7.72. The lowest BCUT2D eigenvalue weighted by Gasteiger charge is -2.27. The average molecular weight is 576 g/mol. The molecule has 0 atom stereocenters. The maximum atomic E-state index is 13.1. The largest absolute Gasteiger partial charge is 0.493 e. The van der Waals surface area contributed by atoms with Gasteiger partial charge in [0.2, 0.25) is 11.8 Å². The fraction of sp³-hybridized carbons (Fsp3) is 0.419. The molecule has 0 N–H and O–H groups in total. The molecule has 0 saturated carbocycles. The first-order valence-corrected chi connectivity index (χ1v) is 14.2. The zero-order valence-corrected chi connectivity index (χ0v) is 24.8. The van der Waals surface area contributed by atoms with E-state index >= 15 is 0 Å². The van der Waals surface area contributed by atoms with Gasteiger partial charge in [0, 0.05) is 45.5 Å². The average Bonchev–Trinajstić information content (AvgIpc) is 3.62. The van der Waals surface area contributed by atoms with Crippen LogP contribution in [0.1, 0.15) is 38.7 Å². The number of fused-ring (bicyclic) bond motifs is 2. The number of carbonyl (C=O) groups excluding carboxylic acids is 2. The molecule has 42 heavy (non-hydrogen) atoms. The second kappa shape index (κ2) is 11.8. The standard InChI is InChI=1S/C31H37N5O6/c1-6-36-25-9-8-22(17-26(25)33(5)29(38)31(3,4)30(36)39)40-15-7-11-34(19-23-18-32-20-41-23)13-14-35-12-10-27-24(28(35)37)16-21(2)42-27/h8-10,12,16-18,20H,6-7,11,13-15,19H2,1-5H3. The summed E-state index contributed by atoms with van der Waals surface area (Å²) < 4.78 is 18.8. The highest BCUT2D eigenvalue weighted by molar-refractivity contribution is 6.20. The lowest BCUT2D eigenvalue weighted by atomic mass is 9.90. The van der Waals surface area contributed by atoms with Gasteiger partial charge in [0.25, 0.3) is 5.56 Å². The van der Waals surface area contributed by atoms with Crippen LogP contribution in [0.3, 0.4) is 0 Å². The van der Waals surface area contributed by atoms with Crippen LogP contribution in [0.5, 0.6) is 5.75 Å². The van der Waals surface area contributed by atoms with Crippen LogP contribution in [0.2, 0.25) is 0 Å². The first kappa shape index (κ1) is 29.1. The number of rotatable bonds is 11. The van der Waals surface area contributed by atoms with Gasteiger partial charge in [-0.05, 0) is 58.4 Å². The van der Waals surface area contributed by atoms with Crippen molar-refractivity contribution in [2.24, 2.45) is 5.41 Å². The van der Waals surface area contributed by atoms with Crippen LogP contribution >= 0.6 is 0 Å². The summed E-state index contributed by atoms with van der Waals surface area (Å²) in [5.74, 6) is 1.59. The van der Waals surface area contributed by atoms with E-state index in [4.69, 9.17) is 13.6 Å². The molecule has 1 aliphatic heterocycles. The van der Waals surface area contributed by atoms with Gasteiger partial charge < -0.3 is 27.9 Å². The molecule has 3 aromatic heterocycles.